The maximum Gasteiger partial charge on any atom is 0.418 e. The minimum Gasteiger partial charge on any atom is -0.379 e. The molecule has 2 rings (SSSR count). The maximum atomic E-state index is 12.6. The van der Waals surface area contributed by atoms with Gasteiger partial charge in [-0.1, -0.05) is 18.7 Å². The van der Waals surface area contributed by atoms with Crippen molar-refractivity contribution in [3.63, 3.8) is 0 Å². The fourth-order valence-corrected chi connectivity index (χ4v) is 2.28. The van der Waals surface area contributed by atoms with Crippen molar-refractivity contribution in [2.45, 2.75) is 12.3 Å². The SMILES string of the molecule is C=CC(=O)N(C)c1ccc(C(=O)Nc2cccc(C(O)C(F)(F)F)c2)cc1. The van der Waals surface area contributed by atoms with Crippen LogP contribution in [0.1, 0.15) is 22.0 Å². The summed E-state index contributed by atoms with van der Waals surface area (Å²) < 4.78 is 37.8. The third kappa shape index (κ3) is 4.95. The number of nitrogens with zero attached hydrogens (tertiary/aromatic N) is 1. The number of aliphatic hydroxyl groups excluding tert-OH is 1. The Hall–Kier alpha value is -3.13. The molecule has 0 fully saturated rings. The molecular formula is C19H17F3N2O3. The quantitative estimate of drug-likeness (QED) is 0.780. The van der Waals surface area contributed by atoms with Crippen LogP contribution in [-0.4, -0.2) is 30.1 Å². The molecule has 27 heavy (non-hydrogen) atoms. The molecular weight excluding hydrogens is 361 g/mol. The molecule has 2 aromatic rings. The fraction of sp³-hybridized carbons (Fsp3) is 0.158. The third-order valence-electron chi connectivity index (χ3n) is 3.79. The van der Waals surface area contributed by atoms with Crippen molar-refractivity contribution in [1.82, 2.24) is 0 Å². The molecule has 8 heteroatoms. The van der Waals surface area contributed by atoms with Crippen molar-refractivity contribution in [3.05, 3.63) is 72.3 Å². The molecule has 0 aliphatic carbocycles. The Balaban J connectivity index is 2.14. The monoisotopic (exact) mass is 378 g/mol. The van der Waals surface area contributed by atoms with E-state index in [9.17, 15) is 27.9 Å². The number of carbonyl (C=O) groups excluding carboxylic acids is 2. The number of carbonyl (C=O) groups is 2. The van der Waals surface area contributed by atoms with Gasteiger partial charge < -0.3 is 15.3 Å². The minimum atomic E-state index is -4.80. The number of hydrogen-bond acceptors (Lipinski definition) is 3. The lowest BCUT2D eigenvalue weighted by molar-refractivity contribution is -0.206. The molecule has 0 spiro atoms. The topological polar surface area (TPSA) is 69.6 Å². The van der Waals surface area contributed by atoms with Crippen LogP contribution in [0.2, 0.25) is 0 Å². The van der Waals surface area contributed by atoms with Gasteiger partial charge in [0.2, 0.25) is 5.91 Å². The van der Waals surface area contributed by atoms with Gasteiger partial charge in [-0.05, 0) is 48.0 Å². The molecule has 0 saturated carbocycles. The Morgan fingerprint density at radius 2 is 1.81 bits per heavy atom. The molecule has 0 heterocycles. The number of alkyl halides is 3. The Labute approximate surface area is 153 Å². The van der Waals surface area contributed by atoms with E-state index in [0.29, 0.717) is 5.69 Å². The second-order valence-corrected chi connectivity index (χ2v) is 5.67. The zero-order valence-electron chi connectivity index (χ0n) is 14.3. The van der Waals surface area contributed by atoms with Crippen LogP contribution in [-0.2, 0) is 4.79 Å². The molecule has 5 nitrogen and oxygen atoms in total. The molecule has 0 aliphatic heterocycles. The summed E-state index contributed by atoms with van der Waals surface area (Å²) in [6, 6.07) is 11.0. The van der Waals surface area contributed by atoms with Gasteiger partial charge >= 0.3 is 6.18 Å². The first-order valence-corrected chi connectivity index (χ1v) is 7.79. The Morgan fingerprint density at radius 3 is 2.37 bits per heavy atom. The summed E-state index contributed by atoms with van der Waals surface area (Å²) in [6.07, 6.45) is -6.28. The molecule has 0 radical (unpaired) electrons. The summed E-state index contributed by atoms with van der Waals surface area (Å²) in [5.41, 5.74) is 0.538. The molecule has 2 amide bonds. The third-order valence-corrected chi connectivity index (χ3v) is 3.79. The number of amides is 2. The molecule has 2 N–H and O–H groups in total. The fourth-order valence-electron chi connectivity index (χ4n) is 2.28. The zero-order valence-corrected chi connectivity index (χ0v) is 14.3. The Bertz CT molecular complexity index is 848. The first-order valence-electron chi connectivity index (χ1n) is 7.79. The number of anilines is 2. The molecule has 1 unspecified atom stereocenters. The maximum absolute atomic E-state index is 12.6. The highest BCUT2D eigenvalue weighted by Gasteiger charge is 2.39. The second-order valence-electron chi connectivity index (χ2n) is 5.67. The average molecular weight is 378 g/mol. The highest BCUT2D eigenvalue weighted by Crippen LogP contribution is 2.33. The standard InChI is InChI=1S/C19H17F3N2O3/c1-3-16(25)24(2)15-9-7-12(8-10-15)18(27)23-14-6-4-5-13(11-14)17(26)19(20,21)22/h3-11,17,26H,1H2,2H3,(H,23,27). The highest BCUT2D eigenvalue weighted by atomic mass is 19.4. The van der Waals surface area contributed by atoms with Gasteiger partial charge in [0.25, 0.3) is 5.91 Å². The number of likely N-dealkylation sites (N-methyl/N-ethyl adjacent to an activating group) is 1. The van der Waals surface area contributed by atoms with E-state index >= 15 is 0 Å². The van der Waals surface area contributed by atoms with Gasteiger partial charge in [0, 0.05) is 24.0 Å². The van der Waals surface area contributed by atoms with Gasteiger partial charge in [-0.25, -0.2) is 0 Å². The van der Waals surface area contributed by atoms with Crippen molar-refractivity contribution in [1.29, 1.82) is 0 Å². The van der Waals surface area contributed by atoms with Crippen LogP contribution >= 0.6 is 0 Å². The van der Waals surface area contributed by atoms with Gasteiger partial charge in [0.1, 0.15) is 0 Å². The van der Waals surface area contributed by atoms with E-state index in [2.05, 4.69) is 11.9 Å². The molecule has 1 atom stereocenters. The van der Waals surface area contributed by atoms with Crippen LogP contribution in [0.5, 0.6) is 0 Å². The summed E-state index contributed by atoms with van der Waals surface area (Å²) >= 11 is 0. The molecule has 0 saturated heterocycles. The van der Waals surface area contributed by atoms with Gasteiger partial charge in [0.15, 0.2) is 6.10 Å². The van der Waals surface area contributed by atoms with Crippen LogP contribution in [0.15, 0.2) is 61.2 Å². The Morgan fingerprint density at radius 1 is 1.19 bits per heavy atom. The van der Waals surface area contributed by atoms with E-state index in [1.54, 1.807) is 19.2 Å². The summed E-state index contributed by atoms with van der Waals surface area (Å²) in [7, 11) is 1.55. The van der Waals surface area contributed by atoms with Crippen LogP contribution in [0.4, 0.5) is 24.5 Å². The Kier molecular flexibility index (Phi) is 6.02. The predicted octanol–water partition coefficient (Wildman–Crippen LogP) is 3.68. The first-order chi connectivity index (χ1) is 12.6. The van der Waals surface area contributed by atoms with E-state index in [-0.39, 0.29) is 22.7 Å². The van der Waals surface area contributed by atoms with Gasteiger partial charge in [0.05, 0.1) is 0 Å². The summed E-state index contributed by atoms with van der Waals surface area (Å²) in [5, 5.41) is 11.8. The minimum absolute atomic E-state index is 0.115. The average Bonchev–Trinajstić information content (AvgIpc) is 2.65. The van der Waals surface area contributed by atoms with Crippen molar-refractivity contribution < 1.29 is 27.9 Å². The van der Waals surface area contributed by atoms with Crippen LogP contribution < -0.4 is 10.2 Å². The van der Waals surface area contributed by atoms with Crippen molar-refractivity contribution >= 4 is 23.2 Å². The van der Waals surface area contributed by atoms with E-state index in [0.717, 1.165) is 18.2 Å². The van der Waals surface area contributed by atoms with E-state index < -0.39 is 18.2 Å². The van der Waals surface area contributed by atoms with E-state index in [4.69, 9.17) is 0 Å². The van der Waals surface area contributed by atoms with Gasteiger partial charge in [-0.2, -0.15) is 13.2 Å². The smallest absolute Gasteiger partial charge is 0.379 e. The summed E-state index contributed by atoms with van der Waals surface area (Å²) in [5.74, 6) is -0.856. The van der Waals surface area contributed by atoms with Gasteiger partial charge in [-0.3, -0.25) is 9.59 Å². The number of aliphatic hydroxyl groups is 1. The van der Waals surface area contributed by atoms with Crippen LogP contribution in [0.25, 0.3) is 0 Å². The predicted molar refractivity (Wildman–Crippen MR) is 95.5 cm³/mol. The van der Waals surface area contributed by atoms with Crippen LogP contribution in [0, 0.1) is 0 Å². The first kappa shape index (κ1) is 20.2. The van der Waals surface area contributed by atoms with E-state index in [1.807, 2.05) is 0 Å². The lowest BCUT2D eigenvalue weighted by Gasteiger charge is -2.16. The molecule has 0 bridgehead atoms. The molecule has 0 aliphatic rings. The molecule has 142 valence electrons. The van der Waals surface area contributed by atoms with E-state index in [1.165, 1.54) is 29.2 Å². The number of rotatable bonds is 5. The van der Waals surface area contributed by atoms with Gasteiger partial charge in [-0.15, -0.1) is 0 Å². The number of halogens is 3. The lowest BCUT2D eigenvalue weighted by Crippen LogP contribution is -2.23. The van der Waals surface area contributed by atoms with Crippen LogP contribution in [0.3, 0.4) is 0 Å². The highest BCUT2D eigenvalue weighted by molar-refractivity contribution is 6.05. The molecule has 0 aromatic heterocycles. The largest absolute Gasteiger partial charge is 0.418 e. The van der Waals surface area contributed by atoms with Crippen molar-refractivity contribution in [3.8, 4) is 0 Å². The second kappa shape index (κ2) is 8.05. The van der Waals surface area contributed by atoms with Crippen molar-refractivity contribution in [2.75, 3.05) is 17.3 Å². The number of nitrogens with one attached hydrogen (secondary N) is 1. The normalized spacial score (nSPS) is 12.2. The van der Waals surface area contributed by atoms with Crippen molar-refractivity contribution in [2.24, 2.45) is 0 Å². The lowest BCUT2D eigenvalue weighted by atomic mass is 10.1. The molecule has 2 aromatic carbocycles. The zero-order chi connectivity index (χ0) is 20.2. The number of benzene rings is 2. The summed E-state index contributed by atoms with van der Waals surface area (Å²) in [4.78, 5) is 25.2. The number of hydrogen-bond donors (Lipinski definition) is 2. The summed E-state index contributed by atoms with van der Waals surface area (Å²) in [6.45, 7) is 3.39.